The Morgan fingerprint density at radius 2 is 1.59 bits per heavy atom. The van der Waals surface area contributed by atoms with E-state index in [0.717, 1.165) is 23.2 Å². The van der Waals surface area contributed by atoms with Gasteiger partial charge in [-0.2, -0.15) is 0 Å². The van der Waals surface area contributed by atoms with Crippen molar-refractivity contribution in [3.8, 4) is 11.1 Å². The fraction of sp³-hybridized carbons (Fsp3) is 0.250. The molecule has 0 saturated carbocycles. The van der Waals surface area contributed by atoms with Crippen molar-refractivity contribution in [2.45, 2.75) is 12.6 Å². The van der Waals surface area contributed by atoms with Gasteiger partial charge in [0, 0.05) is 38.9 Å². The molecule has 0 aliphatic heterocycles. The van der Waals surface area contributed by atoms with E-state index in [4.69, 9.17) is 11.6 Å². The van der Waals surface area contributed by atoms with Gasteiger partial charge in [-0.25, -0.2) is 4.98 Å². The average molecular weight is 551 g/mol. The number of likely N-dealkylation sites (N-methyl/N-ethyl adjacent to an activating group) is 1. The number of benzene rings is 2. The maximum atomic E-state index is 13.0. The van der Waals surface area contributed by atoms with E-state index in [1.807, 2.05) is 44.4 Å². The summed E-state index contributed by atoms with van der Waals surface area (Å²) in [6, 6.07) is 17.0. The number of halogens is 1. The third-order valence-electron chi connectivity index (χ3n) is 5.65. The fourth-order valence-electron chi connectivity index (χ4n) is 3.73. The quantitative estimate of drug-likeness (QED) is 0.352. The molecule has 3 rings (SSSR count). The van der Waals surface area contributed by atoms with Crippen LogP contribution in [0.2, 0.25) is 5.02 Å². The van der Waals surface area contributed by atoms with Gasteiger partial charge >= 0.3 is 11.8 Å². The van der Waals surface area contributed by atoms with Crippen LogP contribution in [0.25, 0.3) is 11.1 Å². The first-order chi connectivity index (χ1) is 18.5. The molecule has 39 heavy (non-hydrogen) atoms. The van der Waals surface area contributed by atoms with Crippen LogP contribution in [-0.2, 0) is 20.9 Å². The zero-order chi connectivity index (χ0) is 28.5. The number of amides is 4. The molecule has 204 valence electrons. The lowest BCUT2D eigenvalue weighted by atomic mass is 9.98. The van der Waals surface area contributed by atoms with Gasteiger partial charge in [0.2, 0.25) is 5.91 Å². The van der Waals surface area contributed by atoms with Crippen molar-refractivity contribution in [1.29, 1.82) is 0 Å². The highest BCUT2D eigenvalue weighted by Gasteiger charge is 2.25. The number of nitrogens with one attached hydrogen (secondary N) is 3. The molecule has 1 unspecified atom stereocenters. The Balaban J connectivity index is 1.66. The number of aromatic nitrogens is 1. The number of nitrogens with zero attached hydrogens (tertiary/aromatic N) is 3. The Bertz CT molecular complexity index is 1330. The largest absolute Gasteiger partial charge is 0.347 e. The summed E-state index contributed by atoms with van der Waals surface area (Å²) in [5, 5.41) is 7.75. The van der Waals surface area contributed by atoms with E-state index in [0.29, 0.717) is 10.6 Å². The van der Waals surface area contributed by atoms with Crippen LogP contribution in [0.1, 0.15) is 15.9 Å². The third kappa shape index (κ3) is 8.36. The lowest BCUT2D eigenvalue weighted by Crippen LogP contribution is -2.53. The molecule has 3 aromatic rings. The van der Waals surface area contributed by atoms with Crippen LogP contribution in [-0.4, -0.2) is 79.2 Å². The van der Waals surface area contributed by atoms with Gasteiger partial charge in [-0.1, -0.05) is 48.0 Å². The zero-order valence-electron chi connectivity index (χ0n) is 22.2. The monoisotopic (exact) mass is 550 g/mol. The molecule has 0 fully saturated rings. The van der Waals surface area contributed by atoms with Crippen molar-refractivity contribution in [2.24, 2.45) is 0 Å². The van der Waals surface area contributed by atoms with E-state index in [9.17, 15) is 19.2 Å². The molecule has 0 aliphatic rings. The lowest BCUT2D eigenvalue weighted by molar-refractivity contribution is -0.136. The number of carbonyl (C=O) groups excluding carboxylic acids is 4. The van der Waals surface area contributed by atoms with Crippen LogP contribution >= 0.6 is 11.6 Å². The number of rotatable bonds is 9. The van der Waals surface area contributed by atoms with Crippen LogP contribution in [0.5, 0.6) is 0 Å². The summed E-state index contributed by atoms with van der Waals surface area (Å²) in [5.41, 5.74) is 3.52. The smallest absolute Gasteiger partial charge is 0.314 e. The Labute approximate surface area is 232 Å². The van der Waals surface area contributed by atoms with Crippen LogP contribution in [0, 0.1) is 0 Å². The van der Waals surface area contributed by atoms with Gasteiger partial charge in [0.05, 0.1) is 5.02 Å². The molecule has 1 atom stereocenters. The minimum absolute atomic E-state index is 0.140. The molecular formula is C28H31ClN6O4. The summed E-state index contributed by atoms with van der Waals surface area (Å²) >= 11 is 5.77. The predicted molar refractivity (Wildman–Crippen MR) is 150 cm³/mol. The summed E-state index contributed by atoms with van der Waals surface area (Å²) in [7, 11) is 7.06. The van der Waals surface area contributed by atoms with E-state index in [1.165, 1.54) is 37.3 Å². The van der Waals surface area contributed by atoms with E-state index < -0.39 is 29.7 Å². The summed E-state index contributed by atoms with van der Waals surface area (Å²) in [4.78, 5) is 57.5. The highest BCUT2D eigenvalue weighted by Crippen LogP contribution is 2.25. The second-order valence-corrected chi connectivity index (χ2v) is 9.69. The molecule has 1 heterocycles. The van der Waals surface area contributed by atoms with Crippen molar-refractivity contribution >= 4 is 41.0 Å². The first kappa shape index (κ1) is 29.3. The van der Waals surface area contributed by atoms with Crippen molar-refractivity contribution < 1.29 is 19.2 Å². The van der Waals surface area contributed by atoms with Crippen molar-refractivity contribution in [2.75, 3.05) is 40.1 Å². The molecule has 0 spiro atoms. The molecule has 0 aliphatic carbocycles. The molecule has 2 aromatic carbocycles. The highest BCUT2D eigenvalue weighted by molar-refractivity contribution is 6.39. The van der Waals surface area contributed by atoms with Crippen LogP contribution < -0.4 is 16.0 Å². The number of anilines is 1. The minimum atomic E-state index is -1.10. The lowest BCUT2D eigenvalue weighted by Gasteiger charge is -2.22. The Morgan fingerprint density at radius 1 is 0.897 bits per heavy atom. The van der Waals surface area contributed by atoms with Gasteiger partial charge in [-0.05, 0) is 55.1 Å². The first-order valence-electron chi connectivity index (χ1n) is 12.1. The maximum Gasteiger partial charge on any atom is 0.314 e. The second kappa shape index (κ2) is 13.5. The average Bonchev–Trinajstić information content (AvgIpc) is 2.91. The van der Waals surface area contributed by atoms with Crippen LogP contribution in [0.3, 0.4) is 0 Å². The van der Waals surface area contributed by atoms with Gasteiger partial charge in [0.25, 0.3) is 5.91 Å². The minimum Gasteiger partial charge on any atom is -0.347 e. The van der Waals surface area contributed by atoms with E-state index in [1.54, 1.807) is 12.1 Å². The molecule has 0 bridgehead atoms. The summed E-state index contributed by atoms with van der Waals surface area (Å²) < 4.78 is 0. The molecule has 0 saturated heterocycles. The van der Waals surface area contributed by atoms with Gasteiger partial charge in [0.15, 0.2) is 0 Å². The number of pyridine rings is 1. The van der Waals surface area contributed by atoms with E-state index >= 15 is 0 Å². The van der Waals surface area contributed by atoms with E-state index in [-0.39, 0.29) is 12.4 Å². The Morgan fingerprint density at radius 3 is 2.21 bits per heavy atom. The molecule has 3 N–H and O–H groups in total. The number of hydrogen-bond donors (Lipinski definition) is 3. The van der Waals surface area contributed by atoms with Crippen molar-refractivity contribution in [1.82, 2.24) is 25.4 Å². The number of hydrogen-bond acceptors (Lipinski definition) is 6. The van der Waals surface area contributed by atoms with Crippen molar-refractivity contribution in [3.05, 3.63) is 83.0 Å². The first-order valence-corrected chi connectivity index (χ1v) is 12.5. The van der Waals surface area contributed by atoms with Crippen molar-refractivity contribution in [3.63, 3.8) is 0 Å². The molecule has 10 nitrogen and oxygen atoms in total. The molecule has 1 aromatic heterocycles. The normalized spacial score (nSPS) is 11.4. The van der Waals surface area contributed by atoms with Crippen LogP contribution in [0.4, 0.5) is 5.82 Å². The highest BCUT2D eigenvalue weighted by atomic mass is 35.5. The molecule has 0 radical (unpaired) electrons. The summed E-state index contributed by atoms with van der Waals surface area (Å²) in [6.45, 7) is 0.478. The van der Waals surface area contributed by atoms with Gasteiger partial charge < -0.3 is 25.8 Å². The predicted octanol–water partition coefficient (Wildman–Crippen LogP) is 2.41. The topological polar surface area (TPSA) is 124 Å². The zero-order valence-corrected chi connectivity index (χ0v) is 23.0. The SMILES string of the molecule is CN(C)Cc1ccccc1-c1ccc(C(=O)NC(CNC(=O)C(=O)Nc2ccc(Cl)cn2)C(=O)N(C)C)cc1. The second-order valence-electron chi connectivity index (χ2n) is 9.26. The van der Waals surface area contributed by atoms with Gasteiger partial charge in [-0.15, -0.1) is 0 Å². The molecular weight excluding hydrogens is 520 g/mol. The van der Waals surface area contributed by atoms with E-state index in [2.05, 4.69) is 31.9 Å². The van der Waals surface area contributed by atoms with Gasteiger partial charge in [-0.3, -0.25) is 19.2 Å². The summed E-state index contributed by atoms with van der Waals surface area (Å²) in [5.74, 6) is -2.76. The Kier molecular flexibility index (Phi) is 10.1. The Hall–Kier alpha value is -4.28. The third-order valence-corrected chi connectivity index (χ3v) is 5.87. The number of carbonyl (C=O) groups is 4. The summed E-state index contributed by atoms with van der Waals surface area (Å²) in [6.07, 6.45) is 1.32. The standard InChI is InChI=1S/C28H31ClN6O4/c1-34(2)17-20-7-5-6-8-22(20)18-9-11-19(12-10-18)25(36)32-23(28(39)35(3)4)16-31-26(37)27(38)33-24-14-13-21(29)15-30-24/h5-15,23H,16-17H2,1-4H3,(H,31,37)(H,32,36)(H,30,33,38). The maximum absolute atomic E-state index is 13.0. The molecule has 4 amide bonds. The fourth-order valence-corrected chi connectivity index (χ4v) is 3.84. The van der Waals surface area contributed by atoms with Gasteiger partial charge in [0.1, 0.15) is 11.9 Å². The molecule has 11 heteroatoms. The van der Waals surface area contributed by atoms with Crippen LogP contribution in [0.15, 0.2) is 66.9 Å².